The highest BCUT2D eigenvalue weighted by Crippen LogP contribution is 2.47. The Morgan fingerprint density at radius 1 is 1.04 bits per heavy atom. The summed E-state index contributed by atoms with van der Waals surface area (Å²) in [5, 5.41) is 19.8. The zero-order valence-electron chi connectivity index (χ0n) is 15.1. The molecule has 0 N–H and O–H groups in total. The van der Waals surface area contributed by atoms with Crippen molar-refractivity contribution in [1.29, 1.82) is 10.5 Å². The first-order valence-electron chi connectivity index (χ1n) is 8.17. The van der Waals surface area contributed by atoms with Gasteiger partial charge in [-0.2, -0.15) is 10.5 Å². The van der Waals surface area contributed by atoms with E-state index in [-0.39, 0.29) is 13.2 Å². The van der Waals surface area contributed by atoms with E-state index in [9.17, 15) is 20.1 Å². The molecular formula is C18H20N4O4. The summed E-state index contributed by atoms with van der Waals surface area (Å²) in [6.07, 6.45) is -1.66. The fourth-order valence-corrected chi connectivity index (χ4v) is 3.19. The van der Waals surface area contributed by atoms with E-state index in [2.05, 4.69) is 6.07 Å². The topological polar surface area (TPSA) is 107 Å². The number of ether oxygens (including phenoxy) is 2. The lowest BCUT2D eigenvalue weighted by atomic mass is 9.83. The Balaban J connectivity index is 2.84. The molecule has 1 aliphatic heterocycles. The first-order valence-corrected chi connectivity index (χ1v) is 8.17. The molecule has 0 bridgehead atoms. The van der Waals surface area contributed by atoms with Gasteiger partial charge in [0.15, 0.2) is 5.54 Å². The van der Waals surface area contributed by atoms with Crippen molar-refractivity contribution in [3.63, 3.8) is 0 Å². The molecule has 8 heteroatoms. The second kappa shape index (κ2) is 6.93. The summed E-state index contributed by atoms with van der Waals surface area (Å²) in [6, 6.07) is 10.7. The van der Waals surface area contributed by atoms with Crippen molar-refractivity contribution >= 4 is 17.9 Å². The van der Waals surface area contributed by atoms with Crippen LogP contribution in [0.15, 0.2) is 24.3 Å². The molecule has 0 saturated carbocycles. The number of rotatable bonds is 2. The molecule has 2 amide bonds. The number of anilines is 1. The van der Waals surface area contributed by atoms with Crippen molar-refractivity contribution in [2.45, 2.75) is 38.9 Å². The van der Waals surface area contributed by atoms with Crippen LogP contribution < -0.4 is 4.90 Å². The molecule has 1 aliphatic rings. The minimum atomic E-state index is -1.82. The Morgan fingerprint density at radius 2 is 1.62 bits per heavy atom. The lowest BCUT2D eigenvalue weighted by molar-refractivity contribution is 0.0255. The summed E-state index contributed by atoms with van der Waals surface area (Å²) in [4.78, 5) is 27.4. The molecule has 0 radical (unpaired) electrons. The first kappa shape index (κ1) is 19.1. The minimum absolute atomic E-state index is 0.0550. The molecule has 2 rings (SSSR count). The van der Waals surface area contributed by atoms with Gasteiger partial charge in [-0.05, 0) is 33.8 Å². The summed E-state index contributed by atoms with van der Waals surface area (Å²) in [5.41, 5.74) is -2.61. The second-order valence-corrected chi connectivity index (χ2v) is 5.90. The van der Waals surface area contributed by atoms with Crippen LogP contribution in [0.5, 0.6) is 0 Å². The van der Waals surface area contributed by atoms with Crippen LogP contribution in [-0.4, -0.2) is 36.0 Å². The van der Waals surface area contributed by atoms with E-state index >= 15 is 0 Å². The van der Waals surface area contributed by atoms with Crippen LogP contribution >= 0.6 is 0 Å². The predicted octanol–water partition coefficient (Wildman–Crippen LogP) is 3.10. The minimum Gasteiger partial charge on any atom is -0.450 e. The van der Waals surface area contributed by atoms with Gasteiger partial charge in [0.25, 0.3) is 0 Å². The van der Waals surface area contributed by atoms with E-state index < -0.39 is 23.4 Å². The number of para-hydroxylation sites is 1. The largest absolute Gasteiger partial charge is 0.450 e. The van der Waals surface area contributed by atoms with Gasteiger partial charge in [0.2, 0.25) is 5.66 Å². The summed E-state index contributed by atoms with van der Waals surface area (Å²) >= 11 is 0. The highest BCUT2D eigenvalue weighted by atomic mass is 16.6. The Hall–Kier alpha value is -3.26. The van der Waals surface area contributed by atoms with Crippen molar-refractivity contribution < 1.29 is 19.1 Å². The van der Waals surface area contributed by atoms with Gasteiger partial charge < -0.3 is 9.47 Å². The molecule has 0 aliphatic carbocycles. The number of amides is 2. The van der Waals surface area contributed by atoms with Crippen LogP contribution in [0.2, 0.25) is 0 Å². The highest BCUT2D eigenvalue weighted by molar-refractivity contribution is 5.94. The number of fused-ring (bicyclic) bond motifs is 1. The molecule has 26 heavy (non-hydrogen) atoms. The Bertz CT molecular complexity index is 812. The molecule has 2 atom stereocenters. The first-order chi connectivity index (χ1) is 12.3. The van der Waals surface area contributed by atoms with Crippen molar-refractivity contribution in [3.05, 3.63) is 29.8 Å². The fourth-order valence-electron chi connectivity index (χ4n) is 3.19. The van der Waals surface area contributed by atoms with Gasteiger partial charge in [0, 0.05) is 5.56 Å². The predicted molar refractivity (Wildman–Crippen MR) is 91.8 cm³/mol. The van der Waals surface area contributed by atoms with Gasteiger partial charge in [0.05, 0.1) is 25.0 Å². The third kappa shape index (κ3) is 2.60. The van der Waals surface area contributed by atoms with Gasteiger partial charge in [-0.3, -0.25) is 0 Å². The maximum absolute atomic E-state index is 12.7. The van der Waals surface area contributed by atoms with E-state index in [0.717, 1.165) is 9.80 Å². The fraction of sp³-hybridized carbons (Fsp3) is 0.444. The standard InChI is InChI=1S/C18H20N4O4/c1-5-25-15(23)21-14-10-8-7-9-13(14)17(3,11-19)22(16(24)26-6-2)18(21,4)12-20/h7-10H,5-6H2,1-4H3. The average molecular weight is 356 g/mol. The lowest BCUT2D eigenvalue weighted by Crippen LogP contribution is -2.70. The molecule has 0 spiro atoms. The van der Waals surface area contributed by atoms with Crippen LogP contribution in [0.3, 0.4) is 0 Å². The smallest absolute Gasteiger partial charge is 0.417 e. The van der Waals surface area contributed by atoms with Gasteiger partial charge in [-0.1, -0.05) is 18.2 Å². The normalized spacial score (nSPS) is 24.1. The van der Waals surface area contributed by atoms with Crippen molar-refractivity contribution in [1.82, 2.24) is 4.90 Å². The number of benzene rings is 1. The molecular weight excluding hydrogens is 336 g/mol. The molecule has 136 valence electrons. The monoisotopic (exact) mass is 356 g/mol. The van der Waals surface area contributed by atoms with Crippen LogP contribution in [0.4, 0.5) is 15.3 Å². The maximum Gasteiger partial charge on any atom is 0.417 e. The molecule has 0 fully saturated rings. The van der Waals surface area contributed by atoms with Gasteiger partial charge in [-0.25, -0.2) is 19.4 Å². The maximum atomic E-state index is 12.7. The summed E-state index contributed by atoms with van der Waals surface area (Å²) in [6.45, 7) is 6.30. The number of carbonyl (C=O) groups is 2. The van der Waals surface area contributed by atoms with E-state index in [1.165, 1.54) is 13.8 Å². The Kier molecular flexibility index (Phi) is 5.08. The highest BCUT2D eigenvalue weighted by Gasteiger charge is 2.59. The number of nitriles is 2. The quantitative estimate of drug-likeness (QED) is 0.806. The van der Waals surface area contributed by atoms with Crippen LogP contribution in [0, 0.1) is 22.7 Å². The SMILES string of the molecule is CCOC(=O)N1c2ccccc2C(C)(C#N)N(C(=O)OCC)C1(C)C#N. The van der Waals surface area contributed by atoms with Crippen molar-refractivity contribution in [2.75, 3.05) is 18.1 Å². The van der Waals surface area contributed by atoms with Crippen molar-refractivity contribution in [3.8, 4) is 12.1 Å². The van der Waals surface area contributed by atoms with Crippen molar-refractivity contribution in [2.24, 2.45) is 0 Å². The Morgan fingerprint density at radius 3 is 2.15 bits per heavy atom. The van der Waals surface area contributed by atoms with E-state index in [4.69, 9.17) is 9.47 Å². The van der Waals surface area contributed by atoms with Gasteiger partial charge >= 0.3 is 12.2 Å². The molecule has 8 nitrogen and oxygen atoms in total. The zero-order chi connectivity index (χ0) is 19.5. The molecule has 1 aromatic rings. The number of nitrogens with zero attached hydrogens (tertiary/aromatic N) is 4. The number of hydrogen-bond donors (Lipinski definition) is 0. The summed E-state index contributed by atoms with van der Waals surface area (Å²) < 4.78 is 10.2. The van der Waals surface area contributed by atoms with Gasteiger partial charge in [0.1, 0.15) is 6.07 Å². The molecule has 1 aromatic carbocycles. The van der Waals surface area contributed by atoms with E-state index in [1.54, 1.807) is 38.1 Å². The lowest BCUT2D eigenvalue weighted by Gasteiger charge is -2.52. The average Bonchev–Trinajstić information content (AvgIpc) is 2.62. The molecule has 1 heterocycles. The van der Waals surface area contributed by atoms with Gasteiger partial charge in [-0.15, -0.1) is 0 Å². The third-order valence-corrected chi connectivity index (χ3v) is 4.32. The van der Waals surface area contributed by atoms with Crippen LogP contribution in [0.1, 0.15) is 33.3 Å². The molecule has 0 saturated heterocycles. The van der Waals surface area contributed by atoms with E-state index in [0.29, 0.717) is 11.3 Å². The molecule has 0 aromatic heterocycles. The summed E-state index contributed by atoms with van der Waals surface area (Å²) in [5.74, 6) is 0. The van der Waals surface area contributed by atoms with Crippen LogP contribution in [0.25, 0.3) is 0 Å². The zero-order valence-corrected chi connectivity index (χ0v) is 15.1. The Labute approximate surface area is 152 Å². The second-order valence-electron chi connectivity index (χ2n) is 5.90. The summed E-state index contributed by atoms with van der Waals surface area (Å²) in [7, 11) is 0. The van der Waals surface area contributed by atoms with E-state index in [1.807, 2.05) is 6.07 Å². The third-order valence-electron chi connectivity index (χ3n) is 4.32. The number of carbonyl (C=O) groups excluding carboxylic acids is 2. The van der Waals surface area contributed by atoms with Crippen LogP contribution in [-0.2, 0) is 15.0 Å². The molecule has 2 unspecified atom stereocenters. The number of hydrogen-bond acceptors (Lipinski definition) is 6.